The fourth-order valence-corrected chi connectivity index (χ4v) is 3.87. The molecule has 0 saturated heterocycles. The van der Waals surface area contributed by atoms with Crippen molar-refractivity contribution < 1.29 is 19.2 Å². The van der Waals surface area contributed by atoms with Gasteiger partial charge in [0.1, 0.15) is 5.02 Å². The molecule has 1 amide bonds. The summed E-state index contributed by atoms with van der Waals surface area (Å²) in [4.78, 5) is 37.7. The van der Waals surface area contributed by atoms with Gasteiger partial charge in [0.2, 0.25) is 0 Å². The topological polar surface area (TPSA) is 114 Å². The zero-order chi connectivity index (χ0) is 25.9. The van der Waals surface area contributed by atoms with Gasteiger partial charge in [0, 0.05) is 30.1 Å². The number of hydrogen-bond acceptors (Lipinski definition) is 6. The molecule has 2 aromatic rings. The van der Waals surface area contributed by atoms with Crippen molar-refractivity contribution in [3.63, 3.8) is 0 Å². The van der Waals surface area contributed by atoms with Crippen LogP contribution in [0.5, 0.6) is 0 Å². The number of benzene rings is 2. The number of amides is 1. The highest BCUT2D eigenvalue weighted by Gasteiger charge is 2.33. The predicted molar refractivity (Wildman–Crippen MR) is 137 cm³/mol. The highest BCUT2D eigenvalue weighted by atomic mass is 35.5. The van der Waals surface area contributed by atoms with Gasteiger partial charge in [-0.1, -0.05) is 37.6 Å². The average Bonchev–Trinajstić information content (AvgIpc) is 2.81. The summed E-state index contributed by atoms with van der Waals surface area (Å²) in [5, 5.41) is 17.4. The van der Waals surface area contributed by atoms with Crippen LogP contribution in [0.15, 0.2) is 53.7 Å². The first kappa shape index (κ1) is 26.1. The minimum atomic E-state index is -0.647. The Labute approximate surface area is 213 Å². The lowest BCUT2D eigenvalue weighted by Crippen LogP contribution is -2.46. The van der Waals surface area contributed by atoms with Crippen LogP contribution in [0.1, 0.15) is 42.7 Å². The van der Waals surface area contributed by atoms with Gasteiger partial charge in [0.15, 0.2) is 5.11 Å². The molecule has 11 heteroatoms. The zero-order valence-corrected chi connectivity index (χ0v) is 21.2. The van der Waals surface area contributed by atoms with Crippen LogP contribution in [0.25, 0.3) is 0 Å². The molecule has 0 fully saturated rings. The number of carbonyl (C=O) groups is 2. The number of hydrogen-bond donors (Lipinski definition) is 2. The third-order valence-electron chi connectivity index (χ3n) is 5.43. The van der Waals surface area contributed by atoms with Crippen LogP contribution in [0.3, 0.4) is 0 Å². The summed E-state index contributed by atoms with van der Waals surface area (Å²) in [5.41, 5.74) is 2.11. The van der Waals surface area contributed by atoms with Crippen molar-refractivity contribution in [2.45, 2.75) is 26.8 Å². The Balaban J connectivity index is 1.83. The van der Waals surface area contributed by atoms with Crippen LogP contribution in [0, 0.1) is 16.0 Å². The van der Waals surface area contributed by atoms with Gasteiger partial charge in [-0.05, 0) is 54.9 Å². The van der Waals surface area contributed by atoms with Crippen molar-refractivity contribution in [2.24, 2.45) is 5.92 Å². The summed E-state index contributed by atoms with van der Waals surface area (Å²) in [6, 6.07) is 10.2. The first-order valence-electron chi connectivity index (χ1n) is 10.8. The van der Waals surface area contributed by atoms with Gasteiger partial charge in [-0.15, -0.1) is 0 Å². The van der Waals surface area contributed by atoms with E-state index in [1.165, 1.54) is 12.1 Å². The monoisotopic (exact) mass is 516 g/mol. The largest absolute Gasteiger partial charge is 0.462 e. The Morgan fingerprint density at radius 2 is 1.91 bits per heavy atom. The molecule has 3 rings (SSSR count). The van der Waals surface area contributed by atoms with Crippen LogP contribution >= 0.6 is 23.8 Å². The number of thiocarbonyl (C=S) groups is 1. The number of halogens is 1. The second-order valence-electron chi connectivity index (χ2n) is 8.43. The quantitative estimate of drug-likeness (QED) is 0.233. The Morgan fingerprint density at radius 1 is 1.26 bits per heavy atom. The summed E-state index contributed by atoms with van der Waals surface area (Å²) in [7, 11) is 1.77. The number of allylic oxidation sites excluding steroid dienone is 1. The average molecular weight is 517 g/mol. The van der Waals surface area contributed by atoms with E-state index in [4.69, 9.17) is 28.6 Å². The first-order valence-corrected chi connectivity index (χ1v) is 11.6. The number of anilines is 1. The maximum atomic E-state index is 12.9. The lowest BCUT2D eigenvalue weighted by molar-refractivity contribution is -0.384. The maximum absolute atomic E-state index is 12.9. The van der Waals surface area contributed by atoms with Gasteiger partial charge < -0.3 is 20.3 Å². The van der Waals surface area contributed by atoms with E-state index in [1.54, 1.807) is 36.2 Å². The van der Waals surface area contributed by atoms with Crippen molar-refractivity contribution in [3.05, 3.63) is 80.0 Å². The minimum Gasteiger partial charge on any atom is -0.462 e. The molecule has 0 bridgehead atoms. The molecule has 9 nitrogen and oxygen atoms in total. The van der Waals surface area contributed by atoms with Gasteiger partial charge in [0.05, 0.1) is 23.1 Å². The molecule has 0 aliphatic carbocycles. The van der Waals surface area contributed by atoms with Crippen molar-refractivity contribution in [2.75, 3.05) is 19.0 Å². The molecular formula is C24H25ClN4O5S. The van der Waals surface area contributed by atoms with E-state index in [-0.39, 0.29) is 22.2 Å². The number of rotatable bonds is 7. The maximum Gasteiger partial charge on any atom is 0.338 e. The Hall–Kier alpha value is -3.50. The van der Waals surface area contributed by atoms with E-state index in [2.05, 4.69) is 10.6 Å². The second-order valence-corrected chi connectivity index (χ2v) is 9.23. The van der Waals surface area contributed by atoms with Crippen LogP contribution in [-0.4, -0.2) is 40.5 Å². The Morgan fingerprint density at radius 3 is 2.51 bits per heavy atom. The van der Waals surface area contributed by atoms with E-state index < -0.39 is 22.8 Å². The molecule has 2 aromatic carbocycles. The van der Waals surface area contributed by atoms with Gasteiger partial charge >= 0.3 is 5.97 Å². The molecule has 184 valence electrons. The lowest BCUT2D eigenvalue weighted by atomic mass is 9.95. The summed E-state index contributed by atoms with van der Waals surface area (Å²) < 4.78 is 5.49. The molecule has 0 aromatic heterocycles. The molecule has 1 aliphatic rings. The van der Waals surface area contributed by atoms with E-state index in [1.807, 2.05) is 20.8 Å². The molecule has 0 saturated carbocycles. The fourth-order valence-electron chi connectivity index (χ4n) is 3.43. The van der Waals surface area contributed by atoms with E-state index in [0.717, 1.165) is 11.6 Å². The number of esters is 1. The van der Waals surface area contributed by atoms with Crippen LogP contribution in [0.2, 0.25) is 5.02 Å². The number of ether oxygens (including phenoxy) is 1. The van der Waals surface area contributed by atoms with Crippen LogP contribution in [-0.2, 0) is 9.53 Å². The van der Waals surface area contributed by atoms with Crippen LogP contribution in [0.4, 0.5) is 11.4 Å². The molecule has 0 spiro atoms. The Kier molecular flexibility index (Phi) is 8.08. The van der Waals surface area contributed by atoms with Gasteiger partial charge in [-0.2, -0.15) is 0 Å². The molecule has 1 unspecified atom stereocenters. The van der Waals surface area contributed by atoms with E-state index >= 15 is 0 Å². The number of nitrogens with zero attached hydrogens (tertiary/aromatic N) is 2. The summed E-state index contributed by atoms with van der Waals surface area (Å²) in [5.74, 6) is -0.756. The SMILES string of the molecule is CC1=C(C(=O)OCC(C)C)C(c2ccc(NC(=O)c3ccc(Cl)c([N+](=O)[O-])c3)cc2)NC(=S)N1C. The highest BCUT2D eigenvalue weighted by molar-refractivity contribution is 7.80. The van der Waals surface area contributed by atoms with Gasteiger partial charge in [0.25, 0.3) is 11.6 Å². The number of nitro groups is 1. The Bertz CT molecular complexity index is 1210. The van der Waals surface area contributed by atoms with Gasteiger partial charge in [-0.25, -0.2) is 4.79 Å². The molecule has 0 radical (unpaired) electrons. The predicted octanol–water partition coefficient (Wildman–Crippen LogP) is 4.83. The smallest absolute Gasteiger partial charge is 0.338 e. The third-order valence-corrected chi connectivity index (χ3v) is 6.14. The molecule has 1 atom stereocenters. The van der Waals surface area contributed by atoms with E-state index in [9.17, 15) is 19.7 Å². The highest BCUT2D eigenvalue weighted by Crippen LogP contribution is 2.32. The standard InChI is InChI=1S/C24H25ClN4O5S/c1-13(2)12-34-23(31)20-14(3)28(4)24(35)27-21(20)15-5-8-17(9-6-15)26-22(30)16-7-10-18(25)19(11-16)29(32)33/h5-11,13,21H,12H2,1-4H3,(H,26,30)(H,27,35). The lowest BCUT2D eigenvalue weighted by Gasteiger charge is -2.35. The molecule has 2 N–H and O–H groups in total. The van der Waals surface area contributed by atoms with Crippen molar-refractivity contribution in [1.82, 2.24) is 10.2 Å². The molecule has 35 heavy (non-hydrogen) atoms. The normalized spacial score (nSPS) is 15.7. The molecular weight excluding hydrogens is 492 g/mol. The number of carbonyl (C=O) groups excluding carboxylic acids is 2. The zero-order valence-electron chi connectivity index (χ0n) is 19.6. The van der Waals surface area contributed by atoms with E-state index in [0.29, 0.717) is 28.7 Å². The third kappa shape index (κ3) is 5.95. The van der Waals surface area contributed by atoms with Crippen molar-refractivity contribution >= 4 is 52.2 Å². The fraction of sp³-hybridized carbons (Fsp3) is 0.292. The molecule has 1 heterocycles. The first-order chi connectivity index (χ1) is 16.5. The van der Waals surface area contributed by atoms with Gasteiger partial charge in [-0.3, -0.25) is 14.9 Å². The minimum absolute atomic E-state index is 0.0504. The summed E-state index contributed by atoms with van der Waals surface area (Å²) >= 11 is 11.2. The van der Waals surface area contributed by atoms with Crippen molar-refractivity contribution in [3.8, 4) is 0 Å². The number of nitro benzene ring substituents is 1. The summed E-state index contributed by atoms with van der Waals surface area (Å²) in [6.07, 6.45) is 0. The summed E-state index contributed by atoms with van der Waals surface area (Å²) in [6.45, 7) is 6.03. The van der Waals surface area contributed by atoms with Crippen molar-refractivity contribution in [1.29, 1.82) is 0 Å². The number of nitrogens with one attached hydrogen (secondary N) is 2. The van der Waals surface area contributed by atoms with Crippen LogP contribution < -0.4 is 10.6 Å². The second kappa shape index (κ2) is 10.8. The molecule has 1 aliphatic heterocycles.